The summed E-state index contributed by atoms with van der Waals surface area (Å²) in [6.07, 6.45) is 0.833. The van der Waals surface area contributed by atoms with E-state index in [1.807, 2.05) is 20.8 Å². The van der Waals surface area contributed by atoms with Gasteiger partial charge in [-0.25, -0.2) is 8.42 Å². The molecule has 3 aromatic rings. The maximum absolute atomic E-state index is 13.6. The van der Waals surface area contributed by atoms with Crippen LogP contribution in [0.5, 0.6) is 5.75 Å². The minimum atomic E-state index is -3.84. The Kier molecular flexibility index (Phi) is 8.58. The van der Waals surface area contributed by atoms with Gasteiger partial charge >= 0.3 is 0 Å². The molecular formula is C26H29ClN2O4S. The Hall–Kier alpha value is -3.03. The number of ether oxygens (including phenoxy) is 1. The van der Waals surface area contributed by atoms with Gasteiger partial charge in [-0.2, -0.15) is 0 Å². The second kappa shape index (κ2) is 11.4. The molecule has 0 radical (unpaired) electrons. The first-order valence-corrected chi connectivity index (χ1v) is 12.9. The topological polar surface area (TPSA) is 75.7 Å². The third-order valence-electron chi connectivity index (χ3n) is 5.36. The first-order valence-electron chi connectivity index (χ1n) is 11.0. The quantitative estimate of drug-likeness (QED) is 0.408. The summed E-state index contributed by atoms with van der Waals surface area (Å²) in [7, 11) is -3.84. The van der Waals surface area contributed by atoms with Crippen molar-refractivity contribution in [3.63, 3.8) is 0 Å². The van der Waals surface area contributed by atoms with Gasteiger partial charge in [0.15, 0.2) is 6.61 Å². The fourth-order valence-electron chi connectivity index (χ4n) is 3.18. The number of nitrogens with zero attached hydrogens (tertiary/aromatic N) is 1. The second-order valence-electron chi connectivity index (χ2n) is 8.11. The van der Waals surface area contributed by atoms with Crippen molar-refractivity contribution in [2.75, 3.05) is 10.9 Å². The summed E-state index contributed by atoms with van der Waals surface area (Å²) in [5.41, 5.74) is 2.25. The molecule has 1 amide bonds. The van der Waals surface area contributed by atoms with E-state index in [1.54, 1.807) is 72.8 Å². The molecule has 8 heteroatoms. The van der Waals surface area contributed by atoms with Crippen LogP contribution in [0.3, 0.4) is 0 Å². The van der Waals surface area contributed by atoms with Crippen molar-refractivity contribution in [3.8, 4) is 5.75 Å². The predicted octanol–water partition coefficient (Wildman–Crippen LogP) is 5.34. The summed E-state index contributed by atoms with van der Waals surface area (Å²) < 4.78 is 34.0. The lowest BCUT2D eigenvalue weighted by molar-refractivity contribution is -0.123. The van der Waals surface area contributed by atoms with Crippen molar-refractivity contribution in [3.05, 3.63) is 88.9 Å². The van der Waals surface area contributed by atoms with Gasteiger partial charge in [-0.15, -0.1) is 0 Å². The molecule has 1 atom stereocenters. The van der Waals surface area contributed by atoms with Crippen molar-refractivity contribution < 1.29 is 17.9 Å². The molecule has 0 saturated heterocycles. The van der Waals surface area contributed by atoms with Crippen LogP contribution in [0.4, 0.5) is 5.69 Å². The number of sulfonamides is 1. The molecule has 0 aliphatic rings. The number of nitrogens with one attached hydrogen (secondary N) is 1. The molecule has 6 nitrogen and oxygen atoms in total. The van der Waals surface area contributed by atoms with Crippen LogP contribution in [0, 0.1) is 6.92 Å². The Balaban J connectivity index is 1.85. The molecule has 1 N–H and O–H groups in total. The van der Waals surface area contributed by atoms with E-state index in [-0.39, 0.29) is 30.0 Å². The smallest absolute Gasteiger partial charge is 0.264 e. The molecule has 0 bridgehead atoms. The Morgan fingerprint density at radius 3 is 2.21 bits per heavy atom. The zero-order valence-corrected chi connectivity index (χ0v) is 21.1. The number of carbonyl (C=O) groups is 1. The molecule has 0 heterocycles. The van der Waals surface area contributed by atoms with Crippen LogP contribution < -0.4 is 14.4 Å². The molecule has 180 valence electrons. The SMILES string of the molecule is CCC(C)NC(=O)COc1ccc(N(Cc2ccc(Cl)cc2)S(=O)(=O)c2ccc(C)cc2)cc1. The van der Waals surface area contributed by atoms with E-state index in [4.69, 9.17) is 16.3 Å². The number of rotatable bonds is 10. The van der Waals surface area contributed by atoms with E-state index in [9.17, 15) is 13.2 Å². The summed E-state index contributed by atoms with van der Waals surface area (Å²) in [5, 5.41) is 3.42. The van der Waals surface area contributed by atoms with Crippen LogP contribution >= 0.6 is 11.6 Å². The molecule has 34 heavy (non-hydrogen) atoms. The third-order valence-corrected chi connectivity index (χ3v) is 7.40. The van der Waals surface area contributed by atoms with Gasteiger partial charge in [0.05, 0.1) is 17.1 Å². The van der Waals surface area contributed by atoms with E-state index >= 15 is 0 Å². The zero-order chi connectivity index (χ0) is 24.7. The van der Waals surface area contributed by atoms with Crippen LogP contribution in [0.2, 0.25) is 5.02 Å². The van der Waals surface area contributed by atoms with Gasteiger partial charge in [0.1, 0.15) is 5.75 Å². The number of benzene rings is 3. The number of halogens is 1. The highest BCUT2D eigenvalue weighted by molar-refractivity contribution is 7.92. The molecule has 1 unspecified atom stereocenters. The number of aryl methyl sites for hydroxylation is 1. The molecule has 0 fully saturated rings. The normalized spacial score (nSPS) is 12.1. The van der Waals surface area contributed by atoms with E-state index in [2.05, 4.69) is 5.32 Å². The van der Waals surface area contributed by atoms with Crippen molar-refractivity contribution in [1.82, 2.24) is 5.32 Å². The lowest BCUT2D eigenvalue weighted by atomic mass is 10.2. The van der Waals surface area contributed by atoms with Gasteiger partial charge in [0.25, 0.3) is 15.9 Å². The van der Waals surface area contributed by atoms with Gasteiger partial charge in [0, 0.05) is 11.1 Å². The number of amides is 1. The van der Waals surface area contributed by atoms with Gasteiger partial charge in [-0.05, 0) is 74.4 Å². The molecule has 0 saturated carbocycles. The summed E-state index contributed by atoms with van der Waals surface area (Å²) in [4.78, 5) is 12.2. The summed E-state index contributed by atoms with van der Waals surface area (Å²) >= 11 is 6.00. The number of hydrogen-bond donors (Lipinski definition) is 1. The van der Waals surface area contributed by atoms with Crippen LogP contribution in [-0.2, 0) is 21.4 Å². The lowest BCUT2D eigenvalue weighted by Crippen LogP contribution is -2.35. The molecule has 0 aliphatic heterocycles. The number of carbonyl (C=O) groups excluding carboxylic acids is 1. The number of hydrogen-bond acceptors (Lipinski definition) is 4. The van der Waals surface area contributed by atoms with Gasteiger partial charge in [-0.1, -0.05) is 48.4 Å². The van der Waals surface area contributed by atoms with Crippen LogP contribution in [0.15, 0.2) is 77.7 Å². The first kappa shape index (κ1) is 25.6. The predicted molar refractivity (Wildman–Crippen MR) is 136 cm³/mol. The third kappa shape index (κ3) is 6.74. The fourth-order valence-corrected chi connectivity index (χ4v) is 4.76. The van der Waals surface area contributed by atoms with Crippen molar-refractivity contribution >= 4 is 33.2 Å². The minimum Gasteiger partial charge on any atom is -0.484 e. The highest BCUT2D eigenvalue weighted by Gasteiger charge is 2.25. The average molecular weight is 501 g/mol. The molecule has 3 rings (SSSR count). The molecule has 0 spiro atoms. The van der Waals surface area contributed by atoms with Crippen LogP contribution in [0.1, 0.15) is 31.4 Å². The van der Waals surface area contributed by atoms with Crippen molar-refractivity contribution in [1.29, 1.82) is 0 Å². The second-order valence-corrected chi connectivity index (χ2v) is 10.4. The van der Waals surface area contributed by atoms with E-state index < -0.39 is 10.0 Å². The average Bonchev–Trinajstić information content (AvgIpc) is 2.83. The highest BCUT2D eigenvalue weighted by Crippen LogP contribution is 2.28. The number of anilines is 1. The van der Waals surface area contributed by atoms with Gasteiger partial charge in [0.2, 0.25) is 0 Å². The Morgan fingerprint density at radius 2 is 1.62 bits per heavy atom. The minimum absolute atomic E-state index is 0.0758. The summed E-state index contributed by atoms with van der Waals surface area (Å²) in [6.45, 7) is 5.84. The molecule has 3 aromatic carbocycles. The molecule has 0 aromatic heterocycles. The maximum Gasteiger partial charge on any atom is 0.264 e. The van der Waals surface area contributed by atoms with Gasteiger partial charge in [-0.3, -0.25) is 9.10 Å². The summed E-state index contributed by atoms with van der Waals surface area (Å²) in [5.74, 6) is 0.270. The lowest BCUT2D eigenvalue weighted by Gasteiger charge is -2.25. The Bertz CT molecular complexity index is 1200. The first-order chi connectivity index (χ1) is 16.2. The molecular weight excluding hydrogens is 472 g/mol. The maximum atomic E-state index is 13.6. The Morgan fingerprint density at radius 1 is 1.00 bits per heavy atom. The van der Waals surface area contributed by atoms with Crippen LogP contribution in [0.25, 0.3) is 0 Å². The standard InChI is InChI=1S/C26H29ClN2O4S/c1-4-20(3)28-26(30)18-33-24-13-11-23(12-14-24)29(17-21-7-9-22(27)10-8-21)34(31,32)25-15-5-19(2)6-16-25/h5-16,20H,4,17-18H2,1-3H3,(H,28,30). The highest BCUT2D eigenvalue weighted by atomic mass is 35.5. The van der Waals surface area contributed by atoms with Crippen LogP contribution in [-0.4, -0.2) is 27.0 Å². The summed E-state index contributed by atoms with van der Waals surface area (Å²) in [6, 6.07) is 20.5. The van der Waals surface area contributed by atoms with E-state index in [0.29, 0.717) is 16.5 Å². The Labute approximate surface area is 206 Å². The monoisotopic (exact) mass is 500 g/mol. The fraction of sp³-hybridized carbons (Fsp3) is 0.269. The molecule has 0 aliphatic carbocycles. The van der Waals surface area contributed by atoms with Crippen molar-refractivity contribution in [2.24, 2.45) is 0 Å². The zero-order valence-electron chi connectivity index (χ0n) is 19.5. The largest absolute Gasteiger partial charge is 0.484 e. The van der Waals surface area contributed by atoms with Gasteiger partial charge < -0.3 is 10.1 Å². The van der Waals surface area contributed by atoms with Crippen molar-refractivity contribution in [2.45, 2.75) is 44.7 Å². The van der Waals surface area contributed by atoms with E-state index in [1.165, 1.54) is 4.31 Å². The van der Waals surface area contributed by atoms with E-state index in [0.717, 1.165) is 17.5 Å².